The Morgan fingerprint density at radius 3 is 2.94 bits per heavy atom. The summed E-state index contributed by atoms with van der Waals surface area (Å²) in [6.45, 7) is 2.92. The third-order valence-electron chi connectivity index (χ3n) is 3.73. The normalized spacial score (nSPS) is 17.7. The Bertz CT molecular complexity index is 557. The first kappa shape index (κ1) is 11.9. The molecular formula is C13H17N3OS. The summed E-state index contributed by atoms with van der Waals surface area (Å²) in [5, 5.41) is 4.54. The van der Waals surface area contributed by atoms with Gasteiger partial charge < -0.3 is 10.1 Å². The van der Waals surface area contributed by atoms with Crippen molar-refractivity contribution in [2.24, 2.45) is 0 Å². The second-order valence-electron chi connectivity index (χ2n) is 4.89. The van der Waals surface area contributed by atoms with Crippen molar-refractivity contribution in [1.29, 1.82) is 0 Å². The molecule has 1 fully saturated rings. The van der Waals surface area contributed by atoms with Crippen molar-refractivity contribution in [3.63, 3.8) is 0 Å². The van der Waals surface area contributed by atoms with E-state index in [2.05, 4.69) is 28.3 Å². The number of rotatable bonds is 4. The third kappa shape index (κ3) is 1.97. The predicted octanol–water partition coefficient (Wildman–Crippen LogP) is 2.98. The molecule has 4 nitrogen and oxygen atoms in total. The smallest absolute Gasteiger partial charge is 0.138 e. The number of methoxy groups -OCH3 is 1. The molecule has 1 N–H and O–H groups in total. The zero-order chi connectivity index (χ0) is 12.6. The lowest BCUT2D eigenvalue weighted by Gasteiger charge is -2.40. The summed E-state index contributed by atoms with van der Waals surface area (Å²) in [7, 11) is 1.80. The summed E-state index contributed by atoms with van der Waals surface area (Å²) in [6.07, 6.45) is 5.15. The number of aryl methyl sites for hydroxylation is 1. The van der Waals surface area contributed by atoms with Crippen molar-refractivity contribution < 1.29 is 4.74 Å². The maximum atomic E-state index is 5.61. The zero-order valence-electron chi connectivity index (χ0n) is 10.7. The van der Waals surface area contributed by atoms with Gasteiger partial charge in [0.1, 0.15) is 17.0 Å². The highest BCUT2D eigenvalue weighted by Crippen LogP contribution is 2.35. The second-order valence-corrected chi connectivity index (χ2v) is 6.13. The van der Waals surface area contributed by atoms with E-state index < -0.39 is 0 Å². The summed E-state index contributed by atoms with van der Waals surface area (Å²) < 4.78 is 5.61. The molecule has 0 amide bonds. The minimum atomic E-state index is 0.0162. The van der Waals surface area contributed by atoms with Crippen LogP contribution in [-0.4, -0.2) is 29.2 Å². The van der Waals surface area contributed by atoms with E-state index in [0.29, 0.717) is 0 Å². The standard InChI is InChI=1S/C13H17N3OS/c1-9-6-10-11(15-8-16-12(10)18-9)14-7-13(17-2)4-3-5-13/h6,8H,3-5,7H2,1-2H3,(H,14,15,16). The largest absolute Gasteiger partial charge is 0.376 e. The molecule has 1 aliphatic carbocycles. The number of fused-ring (bicyclic) bond motifs is 1. The van der Waals surface area contributed by atoms with Crippen molar-refractivity contribution in [2.45, 2.75) is 31.8 Å². The van der Waals surface area contributed by atoms with E-state index in [1.165, 1.54) is 11.3 Å². The highest BCUT2D eigenvalue weighted by molar-refractivity contribution is 7.18. The van der Waals surface area contributed by atoms with E-state index in [0.717, 1.165) is 35.4 Å². The molecule has 1 aliphatic rings. The molecule has 0 spiro atoms. The van der Waals surface area contributed by atoms with E-state index in [1.54, 1.807) is 24.8 Å². The Hall–Kier alpha value is -1.20. The van der Waals surface area contributed by atoms with Gasteiger partial charge in [0.2, 0.25) is 0 Å². The first-order valence-corrected chi connectivity index (χ1v) is 7.04. The van der Waals surface area contributed by atoms with Crippen molar-refractivity contribution in [3.8, 4) is 0 Å². The quantitative estimate of drug-likeness (QED) is 0.921. The Balaban J connectivity index is 1.82. The van der Waals surface area contributed by atoms with Gasteiger partial charge in [0.15, 0.2) is 0 Å². The lowest BCUT2D eigenvalue weighted by atomic mass is 9.80. The van der Waals surface area contributed by atoms with Gasteiger partial charge in [0, 0.05) is 18.5 Å². The number of hydrogen-bond donors (Lipinski definition) is 1. The van der Waals surface area contributed by atoms with Crippen LogP contribution in [0.1, 0.15) is 24.1 Å². The number of ether oxygens (including phenoxy) is 1. The van der Waals surface area contributed by atoms with Crippen molar-refractivity contribution >= 4 is 27.4 Å². The Labute approximate surface area is 110 Å². The molecule has 0 radical (unpaired) electrons. The van der Waals surface area contributed by atoms with Crippen molar-refractivity contribution in [2.75, 3.05) is 19.0 Å². The number of aromatic nitrogens is 2. The molecule has 2 heterocycles. The van der Waals surface area contributed by atoms with Crippen LogP contribution in [0, 0.1) is 6.92 Å². The van der Waals surface area contributed by atoms with Gasteiger partial charge in [-0.1, -0.05) is 0 Å². The van der Waals surface area contributed by atoms with E-state index >= 15 is 0 Å². The molecule has 5 heteroatoms. The molecule has 0 bridgehead atoms. The van der Waals surface area contributed by atoms with Crippen LogP contribution in [-0.2, 0) is 4.74 Å². The first-order chi connectivity index (χ1) is 8.72. The number of thiophene rings is 1. The van der Waals surface area contributed by atoms with Crippen molar-refractivity contribution in [1.82, 2.24) is 9.97 Å². The Morgan fingerprint density at radius 1 is 1.44 bits per heavy atom. The fourth-order valence-electron chi connectivity index (χ4n) is 2.39. The second kappa shape index (κ2) is 4.48. The summed E-state index contributed by atoms with van der Waals surface area (Å²) in [5.41, 5.74) is 0.0162. The molecule has 2 aromatic rings. The molecule has 0 aromatic carbocycles. The van der Waals surface area contributed by atoms with Crippen LogP contribution in [0.25, 0.3) is 10.2 Å². The van der Waals surface area contributed by atoms with Crippen LogP contribution < -0.4 is 5.32 Å². The summed E-state index contributed by atoms with van der Waals surface area (Å²) >= 11 is 1.70. The summed E-state index contributed by atoms with van der Waals surface area (Å²) in [6, 6.07) is 2.14. The van der Waals surface area contributed by atoms with E-state index in [-0.39, 0.29) is 5.60 Å². The van der Waals surface area contributed by atoms with E-state index in [4.69, 9.17) is 4.74 Å². The zero-order valence-corrected chi connectivity index (χ0v) is 11.5. The molecule has 1 saturated carbocycles. The van der Waals surface area contributed by atoms with E-state index in [1.807, 2.05) is 0 Å². The minimum Gasteiger partial charge on any atom is -0.376 e. The minimum absolute atomic E-state index is 0.0162. The van der Waals surface area contributed by atoms with Crippen LogP contribution in [0.4, 0.5) is 5.82 Å². The number of hydrogen-bond acceptors (Lipinski definition) is 5. The molecule has 96 valence electrons. The Kier molecular flexibility index (Phi) is 2.95. The Morgan fingerprint density at radius 2 is 2.28 bits per heavy atom. The molecule has 0 unspecified atom stereocenters. The number of nitrogens with zero attached hydrogens (tertiary/aromatic N) is 2. The molecule has 0 atom stereocenters. The van der Waals surface area contributed by atoms with Crippen molar-refractivity contribution in [3.05, 3.63) is 17.3 Å². The van der Waals surface area contributed by atoms with Gasteiger partial charge in [0.05, 0.1) is 11.0 Å². The number of anilines is 1. The lowest BCUT2D eigenvalue weighted by Crippen LogP contribution is -2.45. The van der Waals surface area contributed by atoms with Gasteiger partial charge in [-0.3, -0.25) is 0 Å². The maximum absolute atomic E-state index is 5.61. The monoisotopic (exact) mass is 263 g/mol. The van der Waals surface area contributed by atoms with Crippen LogP contribution in [0.3, 0.4) is 0 Å². The van der Waals surface area contributed by atoms with Gasteiger partial charge in [-0.2, -0.15) is 0 Å². The third-order valence-corrected chi connectivity index (χ3v) is 4.69. The van der Waals surface area contributed by atoms with Crippen LogP contribution >= 0.6 is 11.3 Å². The van der Waals surface area contributed by atoms with Crippen LogP contribution in [0.5, 0.6) is 0 Å². The SMILES string of the molecule is COC1(CNc2ncnc3sc(C)cc23)CCC1. The van der Waals surface area contributed by atoms with Gasteiger partial charge in [-0.15, -0.1) is 11.3 Å². The van der Waals surface area contributed by atoms with Crippen LogP contribution in [0.2, 0.25) is 0 Å². The maximum Gasteiger partial charge on any atom is 0.138 e. The average molecular weight is 263 g/mol. The lowest BCUT2D eigenvalue weighted by molar-refractivity contribution is -0.0601. The molecular weight excluding hydrogens is 246 g/mol. The summed E-state index contributed by atoms with van der Waals surface area (Å²) in [4.78, 5) is 11.0. The molecule has 0 saturated heterocycles. The van der Waals surface area contributed by atoms with Gasteiger partial charge >= 0.3 is 0 Å². The average Bonchev–Trinajstić information content (AvgIpc) is 2.69. The van der Waals surface area contributed by atoms with Gasteiger partial charge in [-0.05, 0) is 32.3 Å². The highest BCUT2D eigenvalue weighted by Gasteiger charge is 2.36. The molecule has 2 aromatic heterocycles. The molecule has 0 aliphatic heterocycles. The topological polar surface area (TPSA) is 47.0 Å². The predicted molar refractivity (Wildman–Crippen MR) is 74.2 cm³/mol. The summed E-state index contributed by atoms with van der Waals surface area (Å²) in [5.74, 6) is 0.924. The number of nitrogens with one attached hydrogen (secondary N) is 1. The van der Waals surface area contributed by atoms with E-state index in [9.17, 15) is 0 Å². The fraction of sp³-hybridized carbons (Fsp3) is 0.538. The van der Waals surface area contributed by atoms with Gasteiger partial charge in [-0.25, -0.2) is 9.97 Å². The van der Waals surface area contributed by atoms with Gasteiger partial charge in [0.25, 0.3) is 0 Å². The first-order valence-electron chi connectivity index (χ1n) is 6.23. The fourth-order valence-corrected chi connectivity index (χ4v) is 3.23. The molecule has 3 rings (SSSR count). The van der Waals surface area contributed by atoms with Crippen LogP contribution in [0.15, 0.2) is 12.4 Å². The molecule has 18 heavy (non-hydrogen) atoms. The highest BCUT2D eigenvalue weighted by atomic mass is 32.1.